The van der Waals surface area contributed by atoms with Crippen molar-refractivity contribution >= 4 is 32.2 Å². The largest absolute Gasteiger partial charge is 0.726 e. The van der Waals surface area contributed by atoms with Crippen molar-refractivity contribution in [3.63, 3.8) is 0 Å². The third-order valence-electron chi connectivity index (χ3n) is 10.2. The van der Waals surface area contributed by atoms with Gasteiger partial charge in [-0.2, -0.15) is 0 Å². The van der Waals surface area contributed by atoms with Crippen molar-refractivity contribution in [1.82, 2.24) is 0 Å². The Morgan fingerprint density at radius 2 is 0.885 bits per heavy atom. The van der Waals surface area contributed by atoms with Crippen LogP contribution in [0.25, 0.3) is 0 Å². The number of hydrogen-bond acceptors (Lipinski definition) is 12. The van der Waals surface area contributed by atoms with Crippen LogP contribution in [0.3, 0.4) is 0 Å². The van der Waals surface area contributed by atoms with E-state index in [9.17, 15) is 25.9 Å². The van der Waals surface area contributed by atoms with Gasteiger partial charge in [0.15, 0.2) is 45.5 Å². The molecule has 0 aromatic heterocycles. The van der Waals surface area contributed by atoms with E-state index in [-0.39, 0.29) is 11.1 Å². The molecule has 4 aliphatic heterocycles. The zero-order chi connectivity index (χ0) is 38.5. The number of rotatable bonds is 11. The molecule has 0 fully saturated rings. The minimum Gasteiger partial charge on any atom is -0.726 e. The summed E-state index contributed by atoms with van der Waals surface area (Å²) in [6.45, 7) is 10.0. The fraction of sp³-hybridized carbons (Fsp3) is 0.611. The van der Waals surface area contributed by atoms with E-state index in [0.717, 1.165) is 62.9 Å². The van der Waals surface area contributed by atoms with Gasteiger partial charge in [-0.25, -0.2) is 26.0 Å². The van der Waals surface area contributed by atoms with Crippen molar-refractivity contribution in [3.05, 3.63) is 46.5 Å². The molecule has 0 bridgehead atoms. The first-order chi connectivity index (χ1) is 24.3. The van der Waals surface area contributed by atoms with Gasteiger partial charge in [-0.3, -0.25) is 8.37 Å². The van der Waals surface area contributed by atoms with E-state index in [1.807, 2.05) is 0 Å². The minimum atomic E-state index is -4.41. The third kappa shape index (κ3) is 10.7. The molecule has 0 atom stereocenters. The first-order valence-corrected chi connectivity index (χ1v) is 20.0. The van der Waals surface area contributed by atoms with Crippen molar-refractivity contribution in [3.8, 4) is 23.0 Å². The lowest BCUT2D eigenvalue weighted by Gasteiger charge is -2.29. The minimum absolute atomic E-state index is 0.104. The van der Waals surface area contributed by atoms with Crippen molar-refractivity contribution in [2.45, 2.75) is 103 Å². The predicted octanol–water partition coefficient (Wildman–Crippen LogP) is 4.68. The second-order valence-corrected chi connectivity index (χ2v) is 16.8. The molecule has 0 radical (unpaired) electrons. The Morgan fingerprint density at radius 3 is 1.19 bits per heavy atom. The molecule has 0 spiro atoms. The highest BCUT2D eigenvalue weighted by Crippen LogP contribution is 2.40. The van der Waals surface area contributed by atoms with Crippen LogP contribution >= 0.6 is 0 Å². The first kappa shape index (κ1) is 41.5. The van der Waals surface area contributed by atoms with Gasteiger partial charge in [-0.05, 0) is 48.2 Å². The van der Waals surface area contributed by atoms with Crippen LogP contribution in [-0.4, -0.2) is 99.5 Å². The van der Waals surface area contributed by atoms with E-state index in [4.69, 9.17) is 18.9 Å². The molecule has 6 rings (SSSR count). The summed E-state index contributed by atoms with van der Waals surface area (Å²) >= 11 is 0. The first-order valence-electron chi connectivity index (χ1n) is 17.3. The van der Waals surface area contributed by atoms with Crippen LogP contribution in [0.4, 0.5) is 0 Å². The predicted molar refractivity (Wildman–Crippen MR) is 192 cm³/mol. The van der Waals surface area contributed by atoms with Gasteiger partial charge in [0.1, 0.15) is 14.1 Å². The van der Waals surface area contributed by atoms with Gasteiger partial charge in [-0.15, -0.1) is 0 Å². The Morgan fingerprint density at radius 1 is 0.596 bits per heavy atom. The summed E-state index contributed by atoms with van der Waals surface area (Å²) in [5.41, 5.74) is 8.59. The number of fused-ring (bicyclic) bond motifs is 4. The topological polar surface area (TPSA) is 176 Å². The van der Waals surface area contributed by atoms with Crippen LogP contribution in [-0.2, 0) is 42.0 Å². The quantitative estimate of drug-likeness (QED) is 0.134. The second-order valence-electron chi connectivity index (χ2n) is 14.5. The van der Waals surface area contributed by atoms with Gasteiger partial charge in [0, 0.05) is 64.5 Å². The summed E-state index contributed by atoms with van der Waals surface area (Å²) in [6.07, 6.45) is 11.8. The number of hydrogen-bond donors (Lipinski definition) is 0. The lowest BCUT2D eigenvalue weighted by Crippen LogP contribution is -2.44. The lowest BCUT2D eigenvalue weighted by atomic mass is 9.83. The van der Waals surface area contributed by atoms with Gasteiger partial charge >= 0.3 is 0 Å². The maximum Gasteiger partial charge on any atom is 0.231 e. The van der Waals surface area contributed by atoms with E-state index < -0.39 is 20.8 Å². The molecule has 0 aliphatic carbocycles. The Bertz CT molecular complexity index is 1760. The molecule has 0 saturated heterocycles. The van der Waals surface area contributed by atoms with Crippen molar-refractivity contribution in [2.24, 2.45) is 0 Å². The average molecular weight is 769 g/mol. The zero-order valence-electron chi connectivity index (χ0n) is 31.4. The van der Waals surface area contributed by atoms with Gasteiger partial charge in [0.2, 0.25) is 34.4 Å². The Kier molecular flexibility index (Phi) is 13.4. The van der Waals surface area contributed by atoms with Crippen LogP contribution in [0.2, 0.25) is 0 Å². The zero-order valence-corrected chi connectivity index (χ0v) is 33.0. The molecule has 2 aromatic carbocycles. The highest BCUT2D eigenvalue weighted by atomic mass is 32.3. The smallest absolute Gasteiger partial charge is 0.231 e. The van der Waals surface area contributed by atoms with E-state index in [1.165, 1.54) is 72.2 Å². The molecule has 2 aromatic rings. The molecular formula is C36H52N2O12S2. The van der Waals surface area contributed by atoms with Gasteiger partial charge in [-0.1, -0.05) is 25.7 Å². The molecule has 14 nitrogen and oxygen atoms in total. The van der Waals surface area contributed by atoms with E-state index >= 15 is 0 Å². The van der Waals surface area contributed by atoms with Crippen LogP contribution in [0.1, 0.15) is 101 Å². The summed E-state index contributed by atoms with van der Waals surface area (Å²) < 4.78 is 89.8. The number of nitrogens with zero attached hydrogens (tertiary/aromatic N) is 2. The number of unbranched alkanes of at least 4 members (excludes halogenated alkanes) is 5. The highest BCUT2D eigenvalue weighted by molar-refractivity contribution is 7.81. The lowest BCUT2D eigenvalue weighted by molar-refractivity contribution is -0.577. The molecule has 0 unspecified atom stereocenters. The Labute approximate surface area is 308 Å². The molecule has 0 saturated carbocycles. The molecule has 4 heterocycles. The summed E-state index contributed by atoms with van der Waals surface area (Å²) in [4.78, 5) is 0. The maximum atomic E-state index is 9.22. The van der Waals surface area contributed by atoms with Crippen LogP contribution in [0.15, 0.2) is 24.3 Å². The second kappa shape index (κ2) is 16.8. The third-order valence-corrected chi connectivity index (χ3v) is 11.0. The molecule has 52 heavy (non-hydrogen) atoms. The van der Waals surface area contributed by atoms with Gasteiger partial charge in [0.25, 0.3) is 0 Å². The standard InChI is InChI=1S/C34H46N2O4.2CH4O4S/c1-33(2)19-23-15-29-31(39-21-37-29)17-25(23)27(35(33)5)13-11-9-7-8-10-12-14-28-26-18-32-30(38-22-40-32)16-24(26)20-34(3,4)36(28)6;2*1-5-6(2,3)4/h15-18H,7-14,19-22H2,1-6H3;2*1H3,(H,2,3,4)/q+2;;/p-2. The maximum absolute atomic E-state index is 9.22. The molecule has 0 N–H and O–H groups in total. The highest BCUT2D eigenvalue weighted by Gasteiger charge is 2.40. The van der Waals surface area contributed by atoms with Crippen LogP contribution in [0.5, 0.6) is 23.0 Å². The monoisotopic (exact) mass is 768 g/mol. The van der Waals surface area contributed by atoms with Gasteiger partial charge < -0.3 is 28.1 Å². The van der Waals surface area contributed by atoms with E-state index in [0.29, 0.717) is 13.6 Å². The molecule has 0 amide bonds. The number of likely N-dealkylation sites (N-methyl/N-ethyl adjacent to an activating group) is 2. The number of ether oxygens (including phenoxy) is 4. The van der Waals surface area contributed by atoms with Gasteiger partial charge in [0.05, 0.1) is 14.2 Å². The SMILES string of the molecule is COS(=O)(=O)[O-].COS(=O)(=O)[O-].C[N+]1=C(CCCCCCCCC2=[N+](C)C(C)(C)Cc3cc4c(cc32)OCO4)c2cc3c(cc2CC1(C)C)OCO3. The Hall–Kier alpha value is -3.28. The van der Waals surface area contributed by atoms with Crippen molar-refractivity contribution in [2.75, 3.05) is 41.9 Å². The van der Waals surface area contributed by atoms with Crippen molar-refractivity contribution < 1.29 is 62.4 Å². The summed E-state index contributed by atoms with van der Waals surface area (Å²) in [5, 5.41) is 0. The van der Waals surface area contributed by atoms with Crippen molar-refractivity contribution in [1.29, 1.82) is 0 Å². The molecule has 4 aliphatic rings. The molecule has 290 valence electrons. The van der Waals surface area contributed by atoms with E-state index in [2.05, 4.69) is 83.6 Å². The Balaban J connectivity index is 0.000000436. The van der Waals surface area contributed by atoms with Crippen LogP contribution in [0, 0.1) is 0 Å². The molecule has 16 heteroatoms. The fourth-order valence-electron chi connectivity index (χ4n) is 6.96. The summed E-state index contributed by atoms with van der Waals surface area (Å²) in [5.74, 6) is 3.58. The van der Waals surface area contributed by atoms with E-state index in [1.54, 1.807) is 0 Å². The summed E-state index contributed by atoms with van der Waals surface area (Å²) in [6, 6.07) is 8.85. The summed E-state index contributed by atoms with van der Waals surface area (Å²) in [7, 11) is -2.69. The number of benzene rings is 2. The normalized spacial score (nSPS) is 17.8. The van der Waals surface area contributed by atoms with Crippen LogP contribution < -0.4 is 18.9 Å². The molecular weight excluding hydrogens is 717 g/mol. The average Bonchev–Trinajstić information content (AvgIpc) is 3.72. The fourth-order valence-corrected chi connectivity index (χ4v) is 6.96.